The second-order valence-corrected chi connectivity index (χ2v) is 7.27. The minimum atomic E-state index is 0.0317. The summed E-state index contributed by atoms with van der Waals surface area (Å²) >= 11 is 0. The molecule has 0 radical (unpaired) electrons. The molecule has 1 amide bonds. The molecule has 0 bridgehead atoms. The van der Waals surface area contributed by atoms with Crippen LogP contribution in [0.3, 0.4) is 0 Å². The first-order valence-corrected chi connectivity index (χ1v) is 9.39. The molecule has 0 unspecified atom stereocenters. The lowest BCUT2D eigenvalue weighted by molar-refractivity contribution is -0.122. The largest absolute Gasteiger partial charge is 0.381 e. The lowest BCUT2D eigenvalue weighted by Gasteiger charge is -2.38. The molecule has 24 heavy (non-hydrogen) atoms. The summed E-state index contributed by atoms with van der Waals surface area (Å²) in [6.07, 6.45) is 6.05. The second kappa shape index (κ2) is 8.63. The van der Waals surface area contributed by atoms with Crippen molar-refractivity contribution >= 4 is 5.91 Å². The summed E-state index contributed by atoms with van der Waals surface area (Å²) in [7, 11) is 0. The summed E-state index contributed by atoms with van der Waals surface area (Å²) < 4.78 is 5.56. The van der Waals surface area contributed by atoms with Crippen molar-refractivity contribution in [3.63, 3.8) is 0 Å². The van der Waals surface area contributed by atoms with Gasteiger partial charge in [0.1, 0.15) is 0 Å². The van der Waals surface area contributed by atoms with Crippen LogP contribution in [0.4, 0.5) is 0 Å². The molecule has 0 saturated carbocycles. The van der Waals surface area contributed by atoms with E-state index in [1.807, 2.05) is 6.07 Å². The van der Waals surface area contributed by atoms with Gasteiger partial charge in [0.05, 0.1) is 0 Å². The predicted octanol–water partition coefficient (Wildman–Crippen LogP) is 2.63. The highest BCUT2D eigenvalue weighted by atomic mass is 16.5. The van der Waals surface area contributed by atoms with E-state index in [0.29, 0.717) is 12.3 Å². The van der Waals surface area contributed by atoms with Crippen molar-refractivity contribution in [2.45, 2.75) is 43.9 Å². The van der Waals surface area contributed by atoms with E-state index in [4.69, 9.17) is 4.74 Å². The molecule has 2 saturated heterocycles. The van der Waals surface area contributed by atoms with Gasteiger partial charge in [-0.25, -0.2) is 0 Å². The Balaban J connectivity index is 1.52. The molecule has 4 nitrogen and oxygen atoms in total. The van der Waals surface area contributed by atoms with Crippen LogP contribution in [0.2, 0.25) is 0 Å². The first-order valence-electron chi connectivity index (χ1n) is 9.39. The maximum absolute atomic E-state index is 12.3. The van der Waals surface area contributed by atoms with Crippen molar-refractivity contribution in [2.24, 2.45) is 5.92 Å². The fraction of sp³-hybridized carbons (Fsp3) is 0.650. The van der Waals surface area contributed by atoms with Crippen molar-refractivity contribution < 1.29 is 9.53 Å². The minimum Gasteiger partial charge on any atom is -0.381 e. The van der Waals surface area contributed by atoms with Gasteiger partial charge in [-0.3, -0.25) is 4.79 Å². The molecule has 0 aromatic heterocycles. The zero-order valence-electron chi connectivity index (χ0n) is 14.6. The number of carbonyl (C=O) groups is 1. The molecule has 1 aromatic rings. The van der Waals surface area contributed by atoms with E-state index in [2.05, 4.69) is 34.9 Å². The average molecular weight is 330 g/mol. The summed E-state index contributed by atoms with van der Waals surface area (Å²) in [4.78, 5) is 12.3. The SMILES string of the molecule is O=C(CCC1CCNCC1)NCC1(c2ccccc2)CCOCC1. The highest BCUT2D eigenvalue weighted by Gasteiger charge is 2.34. The molecular weight excluding hydrogens is 300 g/mol. The number of amides is 1. The molecule has 2 aliphatic heterocycles. The van der Waals surface area contributed by atoms with Gasteiger partial charge in [0.25, 0.3) is 0 Å². The molecule has 2 heterocycles. The number of benzene rings is 1. The lowest BCUT2D eigenvalue weighted by Crippen LogP contribution is -2.44. The summed E-state index contributed by atoms with van der Waals surface area (Å²) in [6, 6.07) is 10.6. The van der Waals surface area contributed by atoms with Gasteiger partial charge in [0.2, 0.25) is 5.91 Å². The quantitative estimate of drug-likeness (QED) is 0.843. The maximum atomic E-state index is 12.3. The Morgan fingerprint density at radius 1 is 1.17 bits per heavy atom. The second-order valence-electron chi connectivity index (χ2n) is 7.27. The first kappa shape index (κ1) is 17.4. The summed E-state index contributed by atoms with van der Waals surface area (Å²) in [5, 5.41) is 6.60. The van der Waals surface area contributed by atoms with E-state index in [1.165, 1.54) is 18.4 Å². The lowest BCUT2D eigenvalue weighted by atomic mass is 9.74. The molecule has 1 aromatic carbocycles. The van der Waals surface area contributed by atoms with E-state index in [1.54, 1.807) is 0 Å². The van der Waals surface area contributed by atoms with Crippen molar-refractivity contribution in [1.29, 1.82) is 0 Å². The van der Waals surface area contributed by atoms with Gasteiger partial charge in [-0.1, -0.05) is 30.3 Å². The Hall–Kier alpha value is -1.39. The Labute approximate surface area is 145 Å². The van der Waals surface area contributed by atoms with E-state index in [0.717, 1.165) is 52.1 Å². The minimum absolute atomic E-state index is 0.0317. The number of carbonyl (C=O) groups excluding carboxylic acids is 1. The number of rotatable bonds is 6. The molecule has 4 heteroatoms. The van der Waals surface area contributed by atoms with Crippen molar-refractivity contribution in [1.82, 2.24) is 10.6 Å². The van der Waals surface area contributed by atoms with Crippen LogP contribution in [0.15, 0.2) is 30.3 Å². The van der Waals surface area contributed by atoms with Crippen LogP contribution in [0.5, 0.6) is 0 Å². The fourth-order valence-electron chi connectivity index (χ4n) is 3.98. The Morgan fingerprint density at radius 3 is 2.58 bits per heavy atom. The molecule has 0 spiro atoms. The van der Waals surface area contributed by atoms with Crippen LogP contribution in [-0.2, 0) is 14.9 Å². The molecule has 132 valence electrons. The van der Waals surface area contributed by atoms with E-state index in [9.17, 15) is 4.79 Å². The van der Waals surface area contributed by atoms with Crippen molar-refractivity contribution in [3.05, 3.63) is 35.9 Å². The Kier molecular flexibility index (Phi) is 6.27. The van der Waals surface area contributed by atoms with Gasteiger partial charge in [-0.15, -0.1) is 0 Å². The summed E-state index contributed by atoms with van der Waals surface area (Å²) in [5.41, 5.74) is 1.36. The number of nitrogens with one attached hydrogen (secondary N) is 2. The number of ether oxygens (including phenoxy) is 1. The smallest absolute Gasteiger partial charge is 0.220 e. The van der Waals surface area contributed by atoms with Gasteiger partial charge >= 0.3 is 0 Å². The van der Waals surface area contributed by atoms with E-state index < -0.39 is 0 Å². The highest BCUT2D eigenvalue weighted by molar-refractivity contribution is 5.76. The molecule has 2 aliphatic rings. The zero-order chi connectivity index (χ0) is 16.7. The van der Waals surface area contributed by atoms with Crippen LogP contribution >= 0.6 is 0 Å². The van der Waals surface area contributed by atoms with Crippen LogP contribution < -0.4 is 10.6 Å². The monoisotopic (exact) mass is 330 g/mol. The Morgan fingerprint density at radius 2 is 1.88 bits per heavy atom. The van der Waals surface area contributed by atoms with Gasteiger partial charge < -0.3 is 15.4 Å². The molecule has 2 N–H and O–H groups in total. The van der Waals surface area contributed by atoms with Gasteiger partial charge in [0, 0.05) is 31.6 Å². The van der Waals surface area contributed by atoms with Gasteiger partial charge in [-0.05, 0) is 56.7 Å². The summed E-state index contributed by atoms with van der Waals surface area (Å²) in [6.45, 7) is 4.48. The Bertz CT molecular complexity index is 506. The van der Waals surface area contributed by atoms with Crippen LogP contribution in [0.1, 0.15) is 44.1 Å². The average Bonchev–Trinajstić information content (AvgIpc) is 2.67. The topological polar surface area (TPSA) is 50.4 Å². The predicted molar refractivity (Wildman–Crippen MR) is 96.0 cm³/mol. The molecule has 3 rings (SSSR count). The number of piperidine rings is 1. The number of hydrogen-bond acceptors (Lipinski definition) is 3. The molecular formula is C20H30N2O2. The van der Waals surface area contributed by atoms with E-state index >= 15 is 0 Å². The molecule has 0 aliphatic carbocycles. The highest BCUT2D eigenvalue weighted by Crippen LogP contribution is 2.34. The van der Waals surface area contributed by atoms with E-state index in [-0.39, 0.29) is 11.3 Å². The fourth-order valence-corrected chi connectivity index (χ4v) is 3.98. The van der Waals surface area contributed by atoms with Gasteiger partial charge in [0.15, 0.2) is 0 Å². The van der Waals surface area contributed by atoms with Gasteiger partial charge in [-0.2, -0.15) is 0 Å². The number of hydrogen-bond donors (Lipinski definition) is 2. The standard InChI is InChI=1S/C20H30N2O2/c23-19(7-6-17-8-12-21-13-9-17)22-16-20(10-14-24-15-11-20)18-4-2-1-3-5-18/h1-5,17,21H,6-16H2,(H,22,23). The van der Waals surface area contributed by atoms with Crippen LogP contribution in [0, 0.1) is 5.92 Å². The normalized spacial score (nSPS) is 21.3. The first-order chi connectivity index (χ1) is 11.8. The van der Waals surface area contributed by atoms with Crippen molar-refractivity contribution in [2.75, 3.05) is 32.8 Å². The zero-order valence-corrected chi connectivity index (χ0v) is 14.6. The third-order valence-corrected chi connectivity index (χ3v) is 5.70. The maximum Gasteiger partial charge on any atom is 0.220 e. The van der Waals surface area contributed by atoms with Crippen LogP contribution in [-0.4, -0.2) is 38.8 Å². The molecule has 0 atom stereocenters. The summed E-state index contributed by atoms with van der Waals surface area (Å²) in [5.74, 6) is 0.915. The van der Waals surface area contributed by atoms with Crippen molar-refractivity contribution in [3.8, 4) is 0 Å². The third-order valence-electron chi connectivity index (χ3n) is 5.70. The third kappa shape index (κ3) is 4.58. The molecule has 2 fully saturated rings. The van der Waals surface area contributed by atoms with Crippen LogP contribution in [0.25, 0.3) is 0 Å².